The summed E-state index contributed by atoms with van der Waals surface area (Å²) in [6, 6.07) is 4.16. The third-order valence-corrected chi connectivity index (χ3v) is 4.23. The second-order valence-electron chi connectivity index (χ2n) is 5.69. The summed E-state index contributed by atoms with van der Waals surface area (Å²) in [5.41, 5.74) is 9.46. The predicted octanol–water partition coefficient (Wildman–Crippen LogP) is 1.78. The molecule has 3 heterocycles. The lowest BCUT2D eigenvalue weighted by molar-refractivity contribution is 0.500. The summed E-state index contributed by atoms with van der Waals surface area (Å²) in [5.74, 6) is 1.48. The van der Waals surface area contributed by atoms with Crippen LogP contribution in [0.15, 0.2) is 29.0 Å². The molecule has 108 valence electrons. The van der Waals surface area contributed by atoms with Crippen LogP contribution in [-0.4, -0.2) is 30.3 Å². The van der Waals surface area contributed by atoms with Gasteiger partial charge in [0.2, 0.25) is 0 Å². The van der Waals surface area contributed by atoms with E-state index >= 15 is 0 Å². The van der Waals surface area contributed by atoms with Gasteiger partial charge in [0, 0.05) is 36.6 Å². The number of nitriles is 1. The van der Waals surface area contributed by atoms with Crippen LogP contribution in [0.4, 0.5) is 5.82 Å². The van der Waals surface area contributed by atoms with Crippen LogP contribution in [0.1, 0.15) is 24.0 Å². The molecule has 3 rings (SSSR count). The molecule has 0 amide bonds. The van der Waals surface area contributed by atoms with Gasteiger partial charge in [-0.3, -0.25) is 4.99 Å². The average molecular weight is 281 g/mol. The van der Waals surface area contributed by atoms with Crippen LogP contribution >= 0.6 is 0 Å². The second-order valence-corrected chi connectivity index (χ2v) is 5.69. The van der Waals surface area contributed by atoms with E-state index in [9.17, 15) is 0 Å². The van der Waals surface area contributed by atoms with E-state index in [1.165, 1.54) is 0 Å². The highest BCUT2D eigenvalue weighted by atomic mass is 15.2. The standard InChI is InChI=1S/C16H19N5/c1-11-6-16(20-9-13(11)8-17)21-4-2-12(3-5-21)15-7-14(18)10-19-15/h6-7,9,12H,2-5,10,18H2,1H3. The molecule has 5 heteroatoms. The summed E-state index contributed by atoms with van der Waals surface area (Å²) in [7, 11) is 0. The molecule has 0 bridgehead atoms. The first-order valence-electron chi connectivity index (χ1n) is 7.29. The zero-order valence-electron chi connectivity index (χ0n) is 12.2. The first-order chi connectivity index (χ1) is 10.2. The maximum Gasteiger partial charge on any atom is 0.128 e. The zero-order valence-corrected chi connectivity index (χ0v) is 12.2. The Bertz CT molecular complexity index is 645. The molecule has 0 radical (unpaired) electrons. The van der Waals surface area contributed by atoms with E-state index < -0.39 is 0 Å². The number of piperidine rings is 1. The van der Waals surface area contributed by atoms with Gasteiger partial charge in [-0.1, -0.05) is 0 Å². The lowest BCUT2D eigenvalue weighted by Gasteiger charge is -2.32. The molecule has 1 aromatic heterocycles. The monoisotopic (exact) mass is 281 g/mol. The van der Waals surface area contributed by atoms with E-state index in [1.54, 1.807) is 6.20 Å². The first kappa shape index (κ1) is 13.6. The van der Waals surface area contributed by atoms with Gasteiger partial charge in [-0.15, -0.1) is 0 Å². The van der Waals surface area contributed by atoms with E-state index in [4.69, 9.17) is 11.0 Å². The smallest absolute Gasteiger partial charge is 0.128 e. The molecule has 2 aliphatic heterocycles. The molecule has 0 saturated carbocycles. The molecule has 2 N–H and O–H groups in total. The van der Waals surface area contributed by atoms with Crippen molar-refractivity contribution in [2.75, 3.05) is 24.5 Å². The summed E-state index contributed by atoms with van der Waals surface area (Å²) in [4.78, 5) is 11.2. The SMILES string of the molecule is Cc1cc(N2CCC(C3=NCC(N)=C3)CC2)ncc1C#N. The van der Waals surface area contributed by atoms with E-state index in [0.29, 0.717) is 18.0 Å². The highest BCUT2D eigenvalue weighted by Gasteiger charge is 2.24. The number of hydrogen-bond acceptors (Lipinski definition) is 5. The van der Waals surface area contributed by atoms with Gasteiger partial charge in [0.15, 0.2) is 0 Å². The predicted molar refractivity (Wildman–Crippen MR) is 83.2 cm³/mol. The van der Waals surface area contributed by atoms with Gasteiger partial charge >= 0.3 is 0 Å². The van der Waals surface area contributed by atoms with E-state index in [1.807, 2.05) is 19.1 Å². The second kappa shape index (κ2) is 5.57. The largest absolute Gasteiger partial charge is 0.400 e. The van der Waals surface area contributed by atoms with Gasteiger partial charge in [0.1, 0.15) is 11.9 Å². The van der Waals surface area contributed by atoms with Crippen molar-refractivity contribution in [2.24, 2.45) is 16.6 Å². The highest BCUT2D eigenvalue weighted by Crippen LogP contribution is 2.25. The van der Waals surface area contributed by atoms with Crippen molar-refractivity contribution in [3.05, 3.63) is 35.2 Å². The van der Waals surface area contributed by atoms with Crippen molar-refractivity contribution in [1.29, 1.82) is 5.26 Å². The molecule has 21 heavy (non-hydrogen) atoms. The summed E-state index contributed by atoms with van der Waals surface area (Å²) >= 11 is 0. The van der Waals surface area contributed by atoms with Crippen molar-refractivity contribution in [2.45, 2.75) is 19.8 Å². The van der Waals surface area contributed by atoms with Crippen molar-refractivity contribution >= 4 is 11.5 Å². The number of pyridine rings is 1. The number of hydrogen-bond donors (Lipinski definition) is 1. The maximum atomic E-state index is 8.96. The fourth-order valence-electron chi connectivity index (χ4n) is 2.95. The lowest BCUT2D eigenvalue weighted by Crippen LogP contribution is -2.36. The number of allylic oxidation sites excluding steroid dienone is 1. The summed E-state index contributed by atoms with van der Waals surface area (Å²) in [5, 5.41) is 8.96. The molecule has 1 saturated heterocycles. The molecule has 0 atom stereocenters. The Morgan fingerprint density at radius 3 is 2.71 bits per heavy atom. The number of rotatable bonds is 2. The molecule has 0 aromatic carbocycles. The van der Waals surface area contributed by atoms with Crippen molar-refractivity contribution in [1.82, 2.24) is 4.98 Å². The highest BCUT2D eigenvalue weighted by molar-refractivity contribution is 5.99. The Balaban J connectivity index is 1.66. The normalized spacial score (nSPS) is 19.1. The quantitative estimate of drug-likeness (QED) is 0.896. The van der Waals surface area contributed by atoms with Crippen LogP contribution in [-0.2, 0) is 0 Å². The number of nitrogens with zero attached hydrogens (tertiary/aromatic N) is 4. The Hall–Kier alpha value is -2.35. The molecule has 1 fully saturated rings. The minimum atomic E-state index is 0.516. The molecule has 1 aromatic rings. The summed E-state index contributed by atoms with van der Waals surface area (Å²) in [6.45, 7) is 4.55. The molecule has 0 aliphatic carbocycles. The van der Waals surface area contributed by atoms with Gasteiger partial charge < -0.3 is 10.6 Å². The zero-order chi connectivity index (χ0) is 14.8. The minimum Gasteiger partial charge on any atom is -0.400 e. The number of nitrogens with two attached hydrogens (primary N) is 1. The fourth-order valence-corrected chi connectivity index (χ4v) is 2.95. The molecule has 2 aliphatic rings. The van der Waals surface area contributed by atoms with E-state index in [-0.39, 0.29) is 0 Å². The van der Waals surface area contributed by atoms with Gasteiger partial charge in [-0.05, 0) is 37.5 Å². The third-order valence-electron chi connectivity index (χ3n) is 4.23. The average Bonchev–Trinajstić information content (AvgIpc) is 2.94. The first-order valence-corrected chi connectivity index (χ1v) is 7.29. The van der Waals surface area contributed by atoms with Gasteiger partial charge in [0.05, 0.1) is 12.1 Å². The maximum absolute atomic E-state index is 8.96. The van der Waals surface area contributed by atoms with Crippen LogP contribution in [0.2, 0.25) is 0 Å². The molecule has 0 spiro atoms. The summed E-state index contributed by atoms with van der Waals surface area (Å²) in [6.07, 6.45) is 5.85. The topological polar surface area (TPSA) is 78.3 Å². The van der Waals surface area contributed by atoms with Gasteiger partial charge in [-0.25, -0.2) is 4.98 Å². The Labute approximate surface area is 124 Å². The summed E-state index contributed by atoms with van der Waals surface area (Å²) < 4.78 is 0. The van der Waals surface area contributed by atoms with E-state index in [2.05, 4.69) is 20.9 Å². The van der Waals surface area contributed by atoms with Crippen LogP contribution < -0.4 is 10.6 Å². The number of anilines is 1. The van der Waals surface area contributed by atoms with Crippen LogP contribution in [0.25, 0.3) is 0 Å². The van der Waals surface area contributed by atoms with Crippen molar-refractivity contribution in [3.63, 3.8) is 0 Å². The third kappa shape index (κ3) is 2.75. The number of aromatic nitrogens is 1. The van der Waals surface area contributed by atoms with Crippen molar-refractivity contribution < 1.29 is 0 Å². The molecule has 5 nitrogen and oxygen atoms in total. The number of aryl methyl sites for hydroxylation is 1. The Morgan fingerprint density at radius 1 is 1.38 bits per heavy atom. The molecular formula is C16H19N5. The van der Waals surface area contributed by atoms with Crippen LogP contribution in [0.3, 0.4) is 0 Å². The lowest BCUT2D eigenvalue weighted by atomic mass is 9.92. The van der Waals surface area contributed by atoms with E-state index in [0.717, 1.165) is 48.7 Å². The van der Waals surface area contributed by atoms with Crippen LogP contribution in [0, 0.1) is 24.2 Å². The van der Waals surface area contributed by atoms with Gasteiger partial charge in [-0.2, -0.15) is 5.26 Å². The molecular weight excluding hydrogens is 262 g/mol. The Morgan fingerprint density at radius 2 is 2.14 bits per heavy atom. The Kier molecular flexibility index (Phi) is 3.61. The fraction of sp³-hybridized carbons (Fsp3) is 0.438. The molecule has 0 unspecified atom stereocenters. The minimum absolute atomic E-state index is 0.516. The van der Waals surface area contributed by atoms with Crippen molar-refractivity contribution in [3.8, 4) is 6.07 Å². The van der Waals surface area contributed by atoms with Crippen LogP contribution in [0.5, 0.6) is 0 Å². The number of aliphatic imine (C=N–C) groups is 1. The van der Waals surface area contributed by atoms with Gasteiger partial charge in [0.25, 0.3) is 0 Å².